The molecule has 0 unspecified atom stereocenters. The minimum Gasteiger partial charge on any atom is -0.419 e. The summed E-state index contributed by atoms with van der Waals surface area (Å²) in [6.45, 7) is 6.80. The molecule has 1 heterocycles. The number of aromatic nitrogens is 2. The second kappa shape index (κ2) is 5.10. The summed E-state index contributed by atoms with van der Waals surface area (Å²) < 4.78 is 5.62. The molecule has 2 rings (SSSR count). The largest absolute Gasteiger partial charge is 0.419 e. The van der Waals surface area contributed by atoms with Gasteiger partial charge in [0.1, 0.15) is 0 Å². The molecule has 2 aromatic rings. The van der Waals surface area contributed by atoms with Crippen LogP contribution in [0.4, 0.5) is 0 Å². The first-order valence-electron chi connectivity index (χ1n) is 5.78. The van der Waals surface area contributed by atoms with Gasteiger partial charge in [-0.2, -0.15) is 0 Å². The Kier molecular flexibility index (Phi) is 3.54. The van der Waals surface area contributed by atoms with Crippen LogP contribution in [0.3, 0.4) is 0 Å². The van der Waals surface area contributed by atoms with Crippen LogP contribution in [0.15, 0.2) is 28.7 Å². The summed E-state index contributed by atoms with van der Waals surface area (Å²) >= 11 is 0. The fourth-order valence-electron chi connectivity index (χ4n) is 1.54. The zero-order valence-corrected chi connectivity index (χ0v) is 10.4. The normalized spacial score (nSPS) is 11.1. The average molecular weight is 231 g/mol. The topological polar surface area (TPSA) is 51.0 Å². The van der Waals surface area contributed by atoms with E-state index in [0.29, 0.717) is 24.4 Å². The van der Waals surface area contributed by atoms with Crippen molar-refractivity contribution in [2.45, 2.75) is 33.4 Å². The van der Waals surface area contributed by atoms with Crippen LogP contribution in [0.2, 0.25) is 0 Å². The Hall–Kier alpha value is -1.68. The van der Waals surface area contributed by atoms with Gasteiger partial charge in [-0.1, -0.05) is 32.0 Å². The maximum absolute atomic E-state index is 5.62. The van der Waals surface area contributed by atoms with Gasteiger partial charge in [0.25, 0.3) is 0 Å². The van der Waals surface area contributed by atoms with Crippen LogP contribution in [0.5, 0.6) is 0 Å². The molecule has 4 heteroatoms. The molecule has 0 fully saturated rings. The molecule has 0 radical (unpaired) electrons. The third kappa shape index (κ3) is 2.91. The Morgan fingerprint density at radius 2 is 2.00 bits per heavy atom. The minimum absolute atomic E-state index is 0.406. The number of benzene rings is 1. The number of nitrogens with zero attached hydrogens (tertiary/aromatic N) is 2. The van der Waals surface area contributed by atoms with E-state index in [0.717, 1.165) is 11.1 Å². The van der Waals surface area contributed by atoms with E-state index in [-0.39, 0.29) is 0 Å². The third-order valence-corrected chi connectivity index (χ3v) is 2.50. The molecule has 0 amide bonds. The molecule has 17 heavy (non-hydrogen) atoms. The van der Waals surface area contributed by atoms with E-state index >= 15 is 0 Å². The van der Waals surface area contributed by atoms with Gasteiger partial charge in [0.2, 0.25) is 11.8 Å². The van der Waals surface area contributed by atoms with E-state index in [1.165, 1.54) is 0 Å². The van der Waals surface area contributed by atoms with E-state index in [9.17, 15) is 0 Å². The van der Waals surface area contributed by atoms with Crippen molar-refractivity contribution in [3.63, 3.8) is 0 Å². The Bertz CT molecular complexity index is 491. The van der Waals surface area contributed by atoms with Crippen molar-refractivity contribution in [3.05, 3.63) is 35.7 Å². The van der Waals surface area contributed by atoms with E-state index in [1.54, 1.807) is 0 Å². The molecule has 1 aromatic heterocycles. The molecular formula is C13H17N3O. The summed E-state index contributed by atoms with van der Waals surface area (Å²) in [5, 5.41) is 11.3. The summed E-state index contributed by atoms with van der Waals surface area (Å²) in [7, 11) is 0. The van der Waals surface area contributed by atoms with Crippen LogP contribution < -0.4 is 5.32 Å². The second-order valence-electron chi connectivity index (χ2n) is 4.35. The van der Waals surface area contributed by atoms with Crippen molar-refractivity contribution in [1.29, 1.82) is 0 Å². The predicted octanol–water partition coefficient (Wildman–Crippen LogP) is 2.54. The second-order valence-corrected chi connectivity index (χ2v) is 4.35. The minimum atomic E-state index is 0.406. The first-order chi connectivity index (χ1) is 8.16. The highest BCUT2D eigenvalue weighted by Gasteiger charge is 2.10. The van der Waals surface area contributed by atoms with Crippen molar-refractivity contribution in [2.75, 3.05) is 0 Å². The summed E-state index contributed by atoms with van der Waals surface area (Å²) in [6, 6.07) is 8.40. The molecule has 0 bridgehead atoms. The van der Waals surface area contributed by atoms with E-state index in [1.807, 2.05) is 31.2 Å². The highest BCUT2D eigenvalue weighted by Crippen LogP contribution is 2.21. The summed E-state index contributed by atoms with van der Waals surface area (Å²) in [5.41, 5.74) is 2.13. The van der Waals surface area contributed by atoms with Gasteiger partial charge >= 0.3 is 0 Å². The zero-order chi connectivity index (χ0) is 12.3. The number of rotatable bonds is 4. The molecule has 1 N–H and O–H groups in total. The molecule has 0 aliphatic rings. The van der Waals surface area contributed by atoms with Gasteiger partial charge < -0.3 is 9.73 Å². The van der Waals surface area contributed by atoms with Gasteiger partial charge in [-0.25, -0.2) is 0 Å². The van der Waals surface area contributed by atoms with Crippen LogP contribution in [0, 0.1) is 6.92 Å². The monoisotopic (exact) mass is 231 g/mol. The maximum atomic E-state index is 5.62. The maximum Gasteiger partial charge on any atom is 0.248 e. The highest BCUT2D eigenvalue weighted by molar-refractivity contribution is 5.57. The Morgan fingerprint density at radius 3 is 2.71 bits per heavy atom. The summed E-state index contributed by atoms with van der Waals surface area (Å²) in [5.74, 6) is 1.21. The Morgan fingerprint density at radius 1 is 1.24 bits per heavy atom. The van der Waals surface area contributed by atoms with Gasteiger partial charge in [0.15, 0.2) is 0 Å². The van der Waals surface area contributed by atoms with Crippen LogP contribution >= 0.6 is 0 Å². The van der Waals surface area contributed by atoms with Crippen LogP contribution in [0.1, 0.15) is 25.3 Å². The summed E-state index contributed by atoms with van der Waals surface area (Å²) in [4.78, 5) is 0. The quantitative estimate of drug-likeness (QED) is 0.878. The molecule has 90 valence electrons. The molecule has 0 aliphatic carbocycles. The van der Waals surface area contributed by atoms with Gasteiger partial charge in [-0.05, 0) is 18.6 Å². The molecule has 4 nitrogen and oxygen atoms in total. The smallest absolute Gasteiger partial charge is 0.248 e. The van der Waals surface area contributed by atoms with Crippen molar-refractivity contribution >= 4 is 0 Å². The van der Waals surface area contributed by atoms with Crippen LogP contribution in [-0.4, -0.2) is 16.2 Å². The number of aryl methyl sites for hydroxylation is 1. The predicted molar refractivity (Wildman–Crippen MR) is 66.4 cm³/mol. The Labute approximate surface area is 101 Å². The molecule has 0 spiro atoms. The van der Waals surface area contributed by atoms with E-state index in [2.05, 4.69) is 29.4 Å². The molecule has 0 saturated heterocycles. The molecule has 0 aliphatic heterocycles. The fraction of sp³-hybridized carbons (Fsp3) is 0.385. The number of hydrogen-bond acceptors (Lipinski definition) is 4. The molecule has 0 saturated carbocycles. The lowest BCUT2D eigenvalue weighted by Gasteiger charge is -2.03. The lowest BCUT2D eigenvalue weighted by Crippen LogP contribution is -2.21. The SMILES string of the molecule is Cc1ccccc1-c1nnc(CNC(C)C)o1. The van der Waals surface area contributed by atoms with E-state index < -0.39 is 0 Å². The number of nitrogens with one attached hydrogen (secondary N) is 1. The lowest BCUT2D eigenvalue weighted by atomic mass is 10.1. The van der Waals surface area contributed by atoms with Crippen molar-refractivity contribution < 1.29 is 4.42 Å². The van der Waals surface area contributed by atoms with Crippen molar-refractivity contribution in [1.82, 2.24) is 15.5 Å². The number of hydrogen-bond donors (Lipinski definition) is 1. The van der Waals surface area contributed by atoms with Gasteiger partial charge in [0, 0.05) is 11.6 Å². The first-order valence-corrected chi connectivity index (χ1v) is 5.78. The first kappa shape index (κ1) is 11.8. The average Bonchev–Trinajstić information content (AvgIpc) is 2.75. The van der Waals surface area contributed by atoms with Crippen molar-refractivity contribution in [3.8, 4) is 11.5 Å². The molecule has 1 aromatic carbocycles. The highest BCUT2D eigenvalue weighted by atomic mass is 16.4. The van der Waals surface area contributed by atoms with Gasteiger partial charge in [-0.3, -0.25) is 0 Å². The van der Waals surface area contributed by atoms with Crippen LogP contribution in [-0.2, 0) is 6.54 Å². The summed E-state index contributed by atoms with van der Waals surface area (Å²) in [6.07, 6.45) is 0. The van der Waals surface area contributed by atoms with Crippen molar-refractivity contribution in [2.24, 2.45) is 0 Å². The molecular weight excluding hydrogens is 214 g/mol. The standard InChI is InChI=1S/C13H17N3O/c1-9(2)14-8-12-15-16-13(17-12)11-7-5-4-6-10(11)3/h4-7,9,14H,8H2,1-3H3. The lowest BCUT2D eigenvalue weighted by molar-refractivity contribution is 0.458. The fourth-order valence-corrected chi connectivity index (χ4v) is 1.54. The van der Waals surface area contributed by atoms with E-state index in [4.69, 9.17) is 4.42 Å². The van der Waals surface area contributed by atoms with Crippen LogP contribution in [0.25, 0.3) is 11.5 Å². The Balaban J connectivity index is 2.16. The third-order valence-electron chi connectivity index (χ3n) is 2.50. The zero-order valence-electron chi connectivity index (χ0n) is 10.4. The van der Waals surface area contributed by atoms with Gasteiger partial charge in [-0.15, -0.1) is 10.2 Å². The molecule has 0 atom stereocenters. The van der Waals surface area contributed by atoms with Gasteiger partial charge in [0.05, 0.1) is 6.54 Å².